The van der Waals surface area contributed by atoms with Crippen molar-refractivity contribution in [2.24, 2.45) is 11.8 Å². The predicted octanol–water partition coefficient (Wildman–Crippen LogP) is -0.201. The molecule has 1 fully saturated rings. The largest absolute Gasteiger partial charge is 0.390 e. The average molecular weight is 222 g/mol. The molecule has 1 aliphatic carbocycles. The first kappa shape index (κ1) is 11.9. The van der Waals surface area contributed by atoms with Crippen molar-refractivity contribution in [3.05, 3.63) is 0 Å². The molecular weight excluding hydrogens is 204 g/mol. The normalized spacial score (nSPS) is 44.2. The fourth-order valence-corrected chi connectivity index (χ4v) is 3.23. The average Bonchev–Trinajstić information content (AvgIpc) is 2.12. The molecule has 0 unspecified atom stereocenters. The van der Waals surface area contributed by atoms with Crippen LogP contribution in [-0.2, 0) is 9.84 Å². The van der Waals surface area contributed by atoms with Gasteiger partial charge in [0.15, 0.2) is 0 Å². The molecule has 1 rings (SSSR count). The third-order valence-corrected chi connectivity index (χ3v) is 4.25. The predicted molar refractivity (Wildman–Crippen MR) is 53.6 cm³/mol. The Balaban J connectivity index is 2.78. The molecule has 0 radical (unpaired) electrons. The van der Waals surface area contributed by atoms with E-state index in [2.05, 4.69) is 0 Å². The molecule has 0 aromatic carbocycles. The van der Waals surface area contributed by atoms with Crippen molar-refractivity contribution in [1.82, 2.24) is 0 Å². The molecule has 0 spiro atoms. The van der Waals surface area contributed by atoms with E-state index < -0.39 is 21.5 Å². The van der Waals surface area contributed by atoms with Crippen LogP contribution in [0.3, 0.4) is 0 Å². The van der Waals surface area contributed by atoms with Gasteiger partial charge in [-0.15, -0.1) is 0 Å². The number of hydrogen-bond donors (Lipinski definition) is 2. The van der Waals surface area contributed by atoms with Crippen molar-refractivity contribution in [3.8, 4) is 0 Å². The molecule has 0 bridgehead atoms. The van der Waals surface area contributed by atoms with Crippen LogP contribution in [-0.4, -0.2) is 42.3 Å². The van der Waals surface area contributed by atoms with Crippen LogP contribution in [0.2, 0.25) is 0 Å². The van der Waals surface area contributed by atoms with Crippen molar-refractivity contribution in [1.29, 1.82) is 0 Å². The van der Waals surface area contributed by atoms with E-state index >= 15 is 0 Å². The van der Waals surface area contributed by atoms with Crippen LogP contribution in [0.1, 0.15) is 20.3 Å². The Morgan fingerprint density at radius 3 is 2.29 bits per heavy atom. The maximum absolute atomic E-state index is 11.1. The van der Waals surface area contributed by atoms with E-state index in [1.807, 2.05) is 6.92 Å². The zero-order valence-corrected chi connectivity index (χ0v) is 9.58. The van der Waals surface area contributed by atoms with Crippen molar-refractivity contribution < 1.29 is 18.6 Å². The molecular formula is C9H18O4S. The molecule has 14 heavy (non-hydrogen) atoms. The SMILES string of the molecule is C[C@@H]1C[C@H](CS(C)(=O)=O)[C@@H](O)[C@@]1(C)O. The highest BCUT2D eigenvalue weighted by atomic mass is 32.2. The van der Waals surface area contributed by atoms with Crippen LogP contribution >= 0.6 is 0 Å². The highest BCUT2D eigenvalue weighted by Crippen LogP contribution is 2.39. The Kier molecular flexibility index (Phi) is 2.96. The fourth-order valence-electron chi connectivity index (χ4n) is 2.14. The van der Waals surface area contributed by atoms with E-state index in [1.54, 1.807) is 6.92 Å². The topological polar surface area (TPSA) is 74.6 Å². The van der Waals surface area contributed by atoms with E-state index in [0.717, 1.165) is 6.26 Å². The van der Waals surface area contributed by atoms with Crippen LogP contribution in [0.5, 0.6) is 0 Å². The molecule has 2 N–H and O–H groups in total. The summed E-state index contributed by atoms with van der Waals surface area (Å²) in [6.45, 7) is 3.39. The maximum atomic E-state index is 11.1. The van der Waals surface area contributed by atoms with Crippen molar-refractivity contribution in [2.45, 2.75) is 32.0 Å². The monoisotopic (exact) mass is 222 g/mol. The summed E-state index contributed by atoms with van der Waals surface area (Å²) in [7, 11) is -3.09. The minimum Gasteiger partial charge on any atom is -0.390 e. The molecule has 84 valence electrons. The Morgan fingerprint density at radius 1 is 1.50 bits per heavy atom. The molecule has 4 atom stereocenters. The summed E-state index contributed by atoms with van der Waals surface area (Å²) in [6, 6.07) is 0. The summed E-state index contributed by atoms with van der Waals surface area (Å²) in [5, 5.41) is 19.6. The molecule has 1 saturated carbocycles. The first-order chi connectivity index (χ1) is 6.14. The maximum Gasteiger partial charge on any atom is 0.147 e. The first-order valence-corrected chi connectivity index (χ1v) is 6.79. The van der Waals surface area contributed by atoms with Crippen LogP contribution < -0.4 is 0 Å². The zero-order valence-electron chi connectivity index (χ0n) is 8.77. The van der Waals surface area contributed by atoms with Gasteiger partial charge in [0.1, 0.15) is 9.84 Å². The Labute approximate surface area is 84.9 Å². The number of hydrogen-bond acceptors (Lipinski definition) is 4. The van der Waals surface area contributed by atoms with Gasteiger partial charge in [-0.05, 0) is 19.3 Å². The van der Waals surface area contributed by atoms with E-state index in [-0.39, 0.29) is 17.6 Å². The minimum absolute atomic E-state index is 0.0470. The first-order valence-electron chi connectivity index (χ1n) is 4.72. The summed E-state index contributed by atoms with van der Waals surface area (Å²) in [4.78, 5) is 0. The van der Waals surface area contributed by atoms with Gasteiger partial charge in [0, 0.05) is 12.2 Å². The van der Waals surface area contributed by atoms with Crippen molar-refractivity contribution in [2.75, 3.05) is 12.0 Å². The highest BCUT2D eigenvalue weighted by Gasteiger charge is 2.48. The van der Waals surface area contributed by atoms with Crippen LogP contribution in [0.15, 0.2) is 0 Å². The van der Waals surface area contributed by atoms with Gasteiger partial charge in [0.05, 0.1) is 17.5 Å². The summed E-state index contributed by atoms with van der Waals surface area (Å²) in [5.41, 5.74) is -1.16. The molecule has 0 amide bonds. The standard InChI is InChI=1S/C9H18O4S/c1-6-4-7(5-14(3,12)13)8(10)9(6,2)11/h6-8,10-11H,4-5H2,1-3H3/t6-,7-,8-,9+/m1/s1. The highest BCUT2D eigenvalue weighted by molar-refractivity contribution is 7.90. The fraction of sp³-hybridized carbons (Fsp3) is 1.00. The summed E-state index contributed by atoms with van der Waals surface area (Å²) >= 11 is 0. The molecule has 0 saturated heterocycles. The Hall–Kier alpha value is -0.130. The van der Waals surface area contributed by atoms with E-state index in [4.69, 9.17) is 0 Å². The van der Waals surface area contributed by atoms with Crippen LogP contribution in [0.25, 0.3) is 0 Å². The number of aliphatic hydroxyl groups excluding tert-OH is 1. The number of sulfone groups is 1. The van der Waals surface area contributed by atoms with Gasteiger partial charge in [-0.3, -0.25) is 0 Å². The van der Waals surface area contributed by atoms with Gasteiger partial charge in [-0.25, -0.2) is 8.42 Å². The molecule has 0 aromatic heterocycles. The number of rotatable bonds is 2. The molecule has 0 heterocycles. The summed E-state index contributed by atoms with van der Waals surface area (Å²) in [6.07, 6.45) is 0.769. The third-order valence-electron chi connectivity index (χ3n) is 3.22. The van der Waals surface area contributed by atoms with Crippen LogP contribution in [0.4, 0.5) is 0 Å². The van der Waals surface area contributed by atoms with E-state index in [1.165, 1.54) is 0 Å². The molecule has 5 heteroatoms. The second-order valence-corrected chi connectivity index (χ2v) is 6.84. The Morgan fingerprint density at radius 2 is 2.00 bits per heavy atom. The summed E-state index contributed by atoms with van der Waals surface area (Å²) < 4.78 is 22.1. The van der Waals surface area contributed by atoms with Gasteiger partial charge in [0.25, 0.3) is 0 Å². The lowest BCUT2D eigenvalue weighted by Gasteiger charge is -2.27. The molecule has 0 aromatic rings. The van der Waals surface area contributed by atoms with Gasteiger partial charge in [0.2, 0.25) is 0 Å². The molecule has 1 aliphatic rings. The van der Waals surface area contributed by atoms with Crippen molar-refractivity contribution in [3.63, 3.8) is 0 Å². The van der Waals surface area contributed by atoms with E-state index in [0.29, 0.717) is 6.42 Å². The lowest BCUT2D eigenvalue weighted by molar-refractivity contribution is -0.0713. The second kappa shape index (κ2) is 3.47. The van der Waals surface area contributed by atoms with Gasteiger partial charge in [-0.1, -0.05) is 6.92 Å². The van der Waals surface area contributed by atoms with Gasteiger partial charge < -0.3 is 10.2 Å². The quantitative estimate of drug-likeness (QED) is 0.678. The van der Waals surface area contributed by atoms with Gasteiger partial charge >= 0.3 is 0 Å². The molecule has 0 aliphatic heterocycles. The second-order valence-electron chi connectivity index (χ2n) is 4.66. The summed E-state index contributed by atoms with van der Waals surface area (Å²) in [5.74, 6) is -0.450. The lowest BCUT2D eigenvalue weighted by Crippen LogP contribution is -2.41. The van der Waals surface area contributed by atoms with Crippen LogP contribution in [0, 0.1) is 11.8 Å². The van der Waals surface area contributed by atoms with Gasteiger partial charge in [-0.2, -0.15) is 0 Å². The number of aliphatic hydroxyl groups is 2. The molecule has 4 nitrogen and oxygen atoms in total. The smallest absolute Gasteiger partial charge is 0.147 e. The van der Waals surface area contributed by atoms with Crippen molar-refractivity contribution >= 4 is 9.84 Å². The lowest BCUT2D eigenvalue weighted by atomic mass is 9.93. The zero-order chi connectivity index (χ0) is 11.1. The minimum atomic E-state index is -3.09. The third kappa shape index (κ3) is 2.27. The Bertz CT molecular complexity index is 307. The van der Waals surface area contributed by atoms with E-state index in [9.17, 15) is 18.6 Å².